The molecule has 4 rings (SSSR count). The first-order valence-electron chi connectivity index (χ1n) is 13.2. The van der Waals surface area contributed by atoms with Crippen molar-refractivity contribution in [3.8, 4) is 0 Å². The zero-order valence-electron chi connectivity index (χ0n) is 23.2. The van der Waals surface area contributed by atoms with E-state index in [4.69, 9.17) is 37.4 Å². The van der Waals surface area contributed by atoms with Crippen molar-refractivity contribution in [2.45, 2.75) is 65.5 Å². The van der Waals surface area contributed by atoms with E-state index in [9.17, 15) is 14.7 Å². The van der Waals surface area contributed by atoms with E-state index >= 15 is 0 Å². The van der Waals surface area contributed by atoms with E-state index < -0.39 is 5.97 Å². The molecule has 1 N–H and O–H groups in total. The van der Waals surface area contributed by atoms with Crippen molar-refractivity contribution in [3.63, 3.8) is 0 Å². The number of halogens is 2. The summed E-state index contributed by atoms with van der Waals surface area (Å²) in [5, 5.41) is 11.3. The first-order chi connectivity index (χ1) is 18.7. The first-order valence-corrected chi connectivity index (χ1v) is 15.6. The molecule has 2 saturated heterocycles. The molecule has 218 valence electrons. The summed E-state index contributed by atoms with van der Waals surface area (Å²) in [6.07, 6.45) is 3.98. The van der Waals surface area contributed by atoms with Crippen LogP contribution in [0.5, 0.6) is 0 Å². The second kappa shape index (κ2) is 14.9. The van der Waals surface area contributed by atoms with Crippen LogP contribution in [0.25, 0.3) is 0 Å². The van der Waals surface area contributed by atoms with Crippen LogP contribution in [0.4, 0.5) is 10.0 Å². The number of rotatable bonds is 8. The second-order valence-corrected chi connectivity index (χ2v) is 12.6. The average Bonchev–Trinajstić information content (AvgIpc) is 3.39. The molecule has 2 aromatic heterocycles. The van der Waals surface area contributed by atoms with Gasteiger partial charge in [-0.15, -0.1) is 22.7 Å². The number of ether oxygens (including phenoxy) is 3. The molecule has 2 aliphatic heterocycles. The standard InChI is InChI=1S/C14H20ClNO3S.C13H18ClNO3S/c1-4-16(10-5-7-19-8-6-10)13-9(2)11(12(15)20-13)14(17)18-3;1-3-15(9-4-6-18-7-5-9)12-8(2)10(13(16)17)11(14)19-12/h10H,4-8H2,1-3H3;9H,3-7H2,1-2H3,(H,16,17). The number of hydrogen-bond acceptors (Lipinski definition) is 9. The molecule has 0 aliphatic carbocycles. The normalized spacial score (nSPS) is 16.4. The largest absolute Gasteiger partial charge is 0.478 e. The molecule has 0 spiro atoms. The van der Waals surface area contributed by atoms with Crippen LogP contribution in [0.15, 0.2) is 0 Å². The van der Waals surface area contributed by atoms with Gasteiger partial charge in [-0.25, -0.2) is 9.59 Å². The lowest BCUT2D eigenvalue weighted by atomic mass is 10.1. The molecule has 0 bridgehead atoms. The molecule has 2 aliphatic rings. The van der Waals surface area contributed by atoms with E-state index in [-0.39, 0.29) is 11.5 Å². The van der Waals surface area contributed by atoms with E-state index in [1.54, 1.807) is 0 Å². The van der Waals surface area contributed by atoms with Crippen molar-refractivity contribution < 1.29 is 28.9 Å². The van der Waals surface area contributed by atoms with Gasteiger partial charge in [0.05, 0.1) is 28.2 Å². The van der Waals surface area contributed by atoms with Gasteiger partial charge in [0.2, 0.25) is 0 Å². The fourth-order valence-corrected chi connectivity index (χ4v) is 8.39. The van der Waals surface area contributed by atoms with Gasteiger partial charge in [-0.05, 0) is 64.5 Å². The van der Waals surface area contributed by atoms with Crippen LogP contribution in [-0.2, 0) is 14.2 Å². The summed E-state index contributed by atoms with van der Waals surface area (Å²) in [5.41, 5.74) is 2.43. The number of carboxylic acids is 1. The zero-order valence-corrected chi connectivity index (χ0v) is 26.3. The fraction of sp³-hybridized carbons (Fsp3) is 0.630. The number of carbonyl (C=O) groups excluding carboxylic acids is 1. The van der Waals surface area contributed by atoms with E-state index in [1.165, 1.54) is 29.8 Å². The highest BCUT2D eigenvalue weighted by Gasteiger charge is 2.29. The Morgan fingerprint density at radius 1 is 0.846 bits per heavy atom. The molecule has 0 amide bonds. The Hall–Kier alpha value is -1.56. The molecule has 2 aromatic rings. The van der Waals surface area contributed by atoms with E-state index in [2.05, 4.69) is 23.6 Å². The zero-order chi connectivity index (χ0) is 28.7. The quantitative estimate of drug-likeness (QED) is 0.318. The monoisotopic (exact) mass is 620 g/mol. The predicted molar refractivity (Wildman–Crippen MR) is 160 cm³/mol. The van der Waals surface area contributed by atoms with Gasteiger partial charge in [-0.2, -0.15) is 0 Å². The number of thiophene rings is 2. The minimum atomic E-state index is -0.951. The number of carboxylic acid groups (broad SMARTS) is 1. The summed E-state index contributed by atoms with van der Waals surface area (Å²) in [5.74, 6) is -1.31. The van der Waals surface area contributed by atoms with Crippen LogP contribution in [0.2, 0.25) is 8.67 Å². The lowest BCUT2D eigenvalue weighted by Crippen LogP contribution is -2.39. The van der Waals surface area contributed by atoms with Gasteiger partial charge in [0.1, 0.15) is 8.67 Å². The van der Waals surface area contributed by atoms with Crippen molar-refractivity contribution in [2.75, 3.05) is 56.4 Å². The Morgan fingerprint density at radius 2 is 1.23 bits per heavy atom. The lowest BCUT2D eigenvalue weighted by Gasteiger charge is -2.34. The van der Waals surface area contributed by atoms with Crippen molar-refractivity contribution in [2.24, 2.45) is 0 Å². The van der Waals surface area contributed by atoms with Crippen LogP contribution >= 0.6 is 45.9 Å². The van der Waals surface area contributed by atoms with Gasteiger partial charge in [0, 0.05) is 51.6 Å². The molecule has 2 fully saturated rings. The summed E-state index contributed by atoms with van der Waals surface area (Å²) in [6, 6.07) is 0.862. The van der Waals surface area contributed by atoms with E-state index in [1.807, 2.05) is 13.8 Å². The first kappa shape index (κ1) is 32.0. The molecule has 39 heavy (non-hydrogen) atoms. The summed E-state index contributed by atoms with van der Waals surface area (Å²) < 4.78 is 16.5. The summed E-state index contributed by atoms with van der Waals surface area (Å²) >= 11 is 15.1. The third-order valence-corrected chi connectivity index (χ3v) is 10.3. The van der Waals surface area contributed by atoms with Gasteiger partial charge in [-0.1, -0.05) is 23.2 Å². The molecule has 0 atom stereocenters. The minimum absolute atomic E-state index is 0.243. The molecule has 0 unspecified atom stereocenters. The molecular weight excluding hydrogens is 583 g/mol. The third-order valence-electron chi connectivity index (χ3n) is 7.23. The van der Waals surface area contributed by atoms with E-state index in [0.29, 0.717) is 26.3 Å². The molecule has 0 saturated carbocycles. The average molecular weight is 622 g/mol. The second-order valence-electron chi connectivity index (χ2n) is 9.42. The molecule has 0 radical (unpaired) electrons. The van der Waals surface area contributed by atoms with E-state index in [0.717, 1.165) is 86.3 Å². The molecule has 12 heteroatoms. The maximum atomic E-state index is 11.8. The maximum absolute atomic E-state index is 11.8. The smallest absolute Gasteiger partial charge is 0.340 e. The minimum Gasteiger partial charge on any atom is -0.478 e. The molecule has 4 heterocycles. The molecular formula is C27H38Cl2N2O6S2. The number of hydrogen-bond donors (Lipinski definition) is 1. The number of methoxy groups -OCH3 is 1. The number of nitrogens with zero attached hydrogens (tertiary/aromatic N) is 2. The summed E-state index contributed by atoms with van der Waals surface area (Å²) in [7, 11) is 1.38. The van der Waals surface area contributed by atoms with Gasteiger partial charge in [-0.3, -0.25) is 0 Å². The Balaban J connectivity index is 0.000000216. The van der Waals surface area contributed by atoms with Crippen LogP contribution < -0.4 is 9.80 Å². The van der Waals surface area contributed by atoms with Gasteiger partial charge < -0.3 is 29.1 Å². The third kappa shape index (κ3) is 7.40. The fourth-order valence-electron chi connectivity index (χ4n) is 5.19. The van der Waals surface area contributed by atoms with Crippen LogP contribution in [0, 0.1) is 13.8 Å². The maximum Gasteiger partial charge on any atom is 0.340 e. The Kier molecular flexibility index (Phi) is 12.2. The number of esters is 1. The SMILES string of the molecule is CCN(c1sc(Cl)c(C(=O)O)c1C)C1CCOCC1.CCN(c1sc(Cl)c(C(=O)OC)c1C)C1CCOCC1. The van der Waals surface area contributed by atoms with Crippen molar-refractivity contribution >= 4 is 67.8 Å². The highest BCUT2D eigenvalue weighted by atomic mass is 35.5. The van der Waals surface area contributed by atoms with Crippen LogP contribution in [-0.4, -0.2) is 75.8 Å². The predicted octanol–water partition coefficient (Wildman–Crippen LogP) is 6.92. The van der Waals surface area contributed by atoms with Gasteiger partial charge >= 0.3 is 11.9 Å². The van der Waals surface area contributed by atoms with Crippen LogP contribution in [0.1, 0.15) is 71.4 Å². The molecule has 8 nitrogen and oxygen atoms in total. The van der Waals surface area contributed by atoms with Crippen LogP contribution in [0.3, 0.4) is 0 Å². The highest BCUT2D eigenvalue weighted by Crippen LogP contribution is 2.42. The van der Waals surface area contributed by atoms with Gasteiger partial charge in [0.15, 0.2) is 0 Å². The van der Waals surface area contributed by atoms with Crippen molar-refractivity contribution in [1.82, 2.24) is 0 Å². The highest BCUT2D eigenvalue weighted by molar-refractivity contribution is 7.21. The number of aromatic carboxylic acids is 1. The molecule has 0 aromatic carbocycles. The number of carbonyl (C=O) groups is 2. The lowest BCUT2D eigenvalue weighted by molar-refractivity contribution is 0.0599. The van der Waals surface area contributed by atoms with Crippen molar-refractivity contribution in [3.05, 3.63) is 30.9 Å². The Bertz CT molecular complexity index is 1130. The van der Waals surface area contributed by atoms with Crippen molar-refractivity contribution in [1.29, 1.82) is 0 Å². The number of anilines is 2. The topological polar surface area (TPSA) is 88.5 Å². The Morgan fingerprint density at radius 3 is 1.56 bits per heavy atom. The van der Waals surface area contributed by atoms with Gasteiger partial charge in [0.25, 0.3) is 0 Å². The summed E-state index contributed by atoms with van der Waals surface area (Å²) in [6.45, 7) is 12.9. The summed E-state index contributed by atoms with van der Waals surface area (Å²) in [4.78, 5) is 27.6. The Labute approximate surface area is 248 Å².